The van der Waals surface area contributed by atoms with Gasteiger partial charge in [-0.05, 0) is 42.0 Å². The predicted molar refractivity (Wildman–Crippen MR) is 113 cm³/mol. The molecule has 0 unspecified atom stereocenters. The van der Waals surface area contributed by atoms with Crippen LogP contribution < -0.4 is 10.5 Å². The highest BCUT2D eigenvalue weighted by Crippen LogP contribution is 2.19. The zero-order valence-corrected chi connectivity index (χ0v) is 16.5. The summed E-state index contributed by atoms with van der Waals surface area (Å²) in [6, 6.07) is 16.2. The van der Waals surface area contributed by atoms with Crippen LogP contribution in [0.25, 0.3) is 0 Å². The number of rotatable bonds is 8. The summed E-state index contributed by atoms with van der Waals surface area (Å²) in [4.78, 5) is 0. The fraction of sp³-hybridized carbons (Fsp3) is 0.333. The summed E-state index contributed by atoms with van der Waals surface area (Å²) in [5.74, 6) is 2.31. The molecule has 26 heavy (non-hydrogen) atoms. The van der Waals surface area contributed by atoms with Crippen LogP contribution >= 0.6 is 11.8 Å². The number of thioether (sulfide) groups is 1. The molecule has 0 amide bonds. The third-order valence-electron chi connectivity index (χ3n) is 3.76. The first-order valence-corrected chi connectivity index (χ1v) is 9.80. The summed E-state index contributed by atoms with van der Waals surface area (Å²) in [7, 11) is 0. The molecule has 0 fully saturated rings. The maximum absolute atomic E-state index is 5.91. The van der Waals surface area contributed by atoms with E-state index in [0.29, 0.717) is 11.1 Å². The highest BCUT2D eigenvalue weighted by molar-refractivity contribution is 8.13. The van der Waals surface area contributed by atoms with Crippen molar-refractivity contribution >= 4 is 23.1 Å². The Balaban J connectivity index is 1.90. The van der Waals surface area contributed by atoms with Crippen LogP contribution in [0.4, 0.5) is 0 Å². The van der Waals surface area contributed by atoms with Gasteiger partial charge < -0.3 is 10.5 Å². The molecule has 0 heterocycles. The van der Waals surface area contributed by atoms with Crippen LogP contribution in [0, 0.1) is 12.8 Å². The van der Waals surface area contributed by atoms with Crippen LogP contribution in [0.3, 0.4) is 0 Å². The van der Waals surface area contributed by atoms with E-state index in [1.807, 2.05) is 43.3 Å². The van der Waals surface area contributed by atoms with Gasteiger partial charge in [0.1, 0.15) is 5.75 Å². The van der Waals surface area contributed by atoms with Crippen molar-refractivity contribution < 1.29 is 4.74 Å². The van der Waals surface area contributed by atoms with E-state index in [4.69, 9.17) is 10.5 Å². The van der Waals surface area contributed by atoms with E-state index in [0.717, 1.165) is 35.7 Å². The lowest BCUT2D eigenvalue weighted by molar-refractivity contribution is 0.288. The molecule has 0 saturated heterocycles. The molecule has 0 saturated carbocycles. The molecule has 2 N–H and O–H groups in total. The number of amidine groups is 1. The Morgan fingerprint density at radius 3 is 2.69 bits per heavy atom. The minimum atomic E-state index is 0.450. The Labute approximate surface area is 160 Å². The topological polar surface area (TPSA) is 60.0 Å². The Bertz CT molecular complexity index is 742. The molecule has 0 aliphatic heterocycles. The summed E-state index contributed by atoms with van der Waals surface area (Å²) in [5.41, 5.74) is 9.18. The second-order valence-electron chi connectivity index (χ2n) is 6.51. The molecule has 138 valence electrons. The Morgan fingerprint density at radius 1 is 1.19 bits per heavy atom. The monoisotopic (exact) mass is 369 g/mol. The summed E-state index contributed by atoms with van der Waals surface area (Å²) in [6.45, 7) is 7.15. The number of benzene rings is 2. The van der Waals surface area contributed by atoms with Crippen molar-refractivity contribution in [2.24, 2.45) is 21.9 Å². The fourth-order valence-electron chi connectivity index (χ4n) is 2.17. The third kappa shape index (κ3) is 7.31. The summed E-state index contributed by atoms with van der Waals surface area (Å²) in [6.07, 6.45) is 2.74. The molecule has 5 heteroatoms. The maximum atomic E-state index is 5.91. The first-order chi connectivity index (χ1) is 12.5. The number of nitrogens with two attached hydrogens (primary N) is 1. The van der Waals surface area contributed by atoms with Gasteiger partial charge in [-0.1, -0.05) is 68.1 Å². The zero-order chi connectivity index (χ0) is 18.8. The van der Waals surface area contributed by atoms with Crippen LogP contribution in [0.1, 0.15) is 37.0 Å². The summed E-state index contributed by atoms with van der Waals surface area (Å²) >= 11 is 1.47. The van der Waals surface area contributed by atoms with E-state index in [1.54, 1.807) is 6.21 Å². The number of aryl methyl sites for hydroxylation is 1. The predicted octanol–water partition coefficient (Wildman–Crippen LogP) is 5.00. The Kier molecular flexibility index (Phi) is 8.22. The van der Waals surface area contributed by atoms with E-state index in [1.165, 1.54) is 17.3 Å². The van der Waals surface area contributed by atoms with E-state index in [9.17, 15) is 0 Å². The van der Waals surface area contributed by atoms with Gasteiger partial charge in [-0.2, -0.15) is 5.10 Å². The molecule has 0 aliphatic carbocycles. The van der Waals surface area contributed by atoms with Crippen LogP contribution in [0.15, 0.2) is 58.7 Å². The first-order valence-electron chi connectivity index (χ1n) is 8.81. The second-order valence-corrected chi connectivity index (χ2v) is 7.51. The average molecular weight is 370 g/mol. The number of ether oxygens (including phenoxy) is 1. The molecular formula is C21H27N3OS. The quantitative estimate of drug-likeness (QED) is 0.404. The van der Waals surface area contributed by atoms with E-state index in [-0.39, 0.29) is 0 Å². The molecular weight excluding hydrogens is 342 g/mol. The van der Waals surface area contributed by atoms with Gasteiger partial charge in [-0.3, -0.25) is 0 Å². The molecule has 0 atom stereocenters. The third-order valence-corrected chi connectivity index (χ3v) is 4.61. The molecule has 2 rings (SSSR count). The van der Waals surface area contributed by atoms with Gasteiger partial charge >= 0.3 is 0 Å². The maximum Gasteiger partial charge on any atom is 0.180 e. The van der Waals surface area contributed by atoms with Crippen LogP contribution in [0.2, 0.25) is 0 Å². The zero-order valence-electron chi connectivity index (χ0n) is 15.7. The molecule has 2 aromatic rings. The summed E-state index contributed by atoms with van der Waals surface area (Å²) in [5, 5.41) is 8.60. The van der Waals surface area contributed by atoms with Crippen molar-refractivity contribution in [2.45, 2.75) is 32.9 Å². The number of hydrogen-bond acceptors (Lipinski definition) is 4. The lowest BCUT2D eigenvalue weighted by atomic mass is 10.1. The lowest BCUT2D eigenvalue weighted by Crippen LogP contribution is -2.06. The molecule has 0 spiro atoms. The van der Waals surface area contributed by atoms with Crippen molar-refractivity contribution in [3.63, 3.8) is 0 Å². The molecule has 0 radical (unpaired) electrons. The molecule has 0 aromatic heterocycles. The van der Waals surface area contributed by atoms with Gasteiger partial charge in [0.05, 0.1) is 12.8 Å². The first kappa shape index (κ1) is 20.0. The SMILES string of the molecule is Cc1ccc(C=NN=C(N)SCc2ccccc2)cc1OCCC(C)C. The fourth-order valence-corrected chi connectivity index (χ4v) is 2.78. The Morgan fingerprint density at radius 2 is 1.96 bits per heavy atom. The standard InChI is InChI=1S/C21H27N3OS/c1-16(2)11-12-25-20-13-19(10-9-17(20)3)14-23-24-21(22)26-15-18-7-5-4-6-8-18/h4-10,13-14,16H,11-12,15H2,1-3H3,(H2,22,24). The number of nitrogens with zero attached hydrogens (tertiary/aromatic N) is 2. The molecule has 0 bridgehead atoms. The number of hydrogen-bond donors (Lipinski definition) is 1. The van der Waals surface area contributed by atoms with Crippen molar-refractivity contribution in [2.75, 3.05) is 6.61 Å². The van der Waals surface area contributed by atoms with Gasteiger partial charge in [0, 0.05) is 5.75 Å². The van der Waals surface area contributed by atoms with E-state index < -0.39 is 0 Å². The van der Waals surface area contributed by atoms with Gasteiger partial charge in [0.2, 0.25) is 0 Å². The highest BCUT2D eigenvalue weighted by atomic mass is 32.2. The van der Waals surface area contributed by atoms with Crippen LogP contribution in [-0.2, 0) is 5.75 Å². The van der Waals surface area contributed by atoms with Crippen molar-refractivity contribution in [3.8, 4) is 5.75 Å². The smallest absolute Gasteiger partial charge is 0.180 e. The van der Waals surface area contributed by atoms with Crippen LogP contribution in [-0.4, -0.2) is 18.0 Å². The van der Waals surface area contributed by atoms with Gasteiger partial charge in [-0.25, -0.2) is 0 Å². The second kappa shape index (κ2) is 10.7. The molecule has 4 nitrogen and oxygen atoms in total. The molecule has 2 aromatic carbocycles. The van der Waals surface area contributed by atoms with Crippen LogP contribution in [0.5, 0.6) is 5.75 Å². The minimum absolute atomic E-state index is 0.450. The lowest BCUT2D eigenvalue weighted by Gasteiger charge is -2.11. The van der Waals surface area contributed by atoms with Gasteiger partial charge in [0.15, 0.2) is 5.17 Å². The highest BCUT2D eigenvalue weighted by Gasteiger charge is 2.02. The van der Waals surface area contributed by atoms with Crippen molar-refractivity contribution in [1.82, 2.24) is 0 Å². The van der Waals surface area contributed by atoms with Crippen molar-refractivity contribution in [1.29, 1.82) is 0 Å². The minimum Gasteiger partial charge on any atom is -0.493 e. The normalized spacial score (nSPS) is 12.1. The van der Waals surface area contributed by atoms with Gasteiger partial charge in [-0.15, -0.1) is 5.10 Å². The summed E-state index contributed by atoms with van der Waals surface area (Å²) < 4.78 is 5.88. The van der Waals surface area contributed by atoms with Gasteiger partial charge in [0.25, 0.3) is 0 Å². The molecule has 0 aliphatic rings. The van der Waals surface area contributed by atoms with Crippen molar-refractivity contribution in [3.05, 3.63) is 65.2 Å². The van der Waals surface area contributed by atoms with E-state index >= 15 is 0 Å². The van der Waals surface area contributed by atoms with E-state index in [2.05, 4.69) is 36.2 Å². The Hall–Kier alpha value is -2.27. The largest absolute Gasteiger partial charge is 0.493 e. The average Bonchev–Trinajstić information content (AvgIpc) is 2.63.